The molecule has 3 rings (SSSR count). The lowest BCUT2D eigenvalue weighted by Crippen LogP contribution is -2.22. The highest BCUT2D eigenvalue weighted by molar-refractivity contribution is 8.00. The molecule has 2 aromatic rings. The number of thiophene rings is 1. The highest BCUT2D eigenvalue weighted by Gasteiger charge is 2.23. The topological polar surface area (TPSA) is 78.7 Å². The largest absolute Gasteiger partial charge is 0.316 e. The fraction of sp³-hybridized carbons (Fsp3) is 0.412. The summed E-state index contributed by atoms with van der Waals surface area (Å²) in [4.78, 5) is 22.0. The molecule has 5 nitrogen and oxygen atoms in total. The first-order valence-corrected chi connectivity index (χ1v) is 9.59. The normalized spacial score (nSPS) is 14.5. The number of rotatable bonds is 4. The number of thioether (sulfide) groups is 1. The average Bonchev–Trinajstić information content (AvgIpc) is 2.91. The van der Waals surface area contributed by atoms with Crippen molar-refractivity contribution in [2.24, 2.45) is 0 Å². The van der Waals surface area contributed by atoms with Crippen molar-refractivity contribution in [3.05, 3.63) is 34.1 Å². The quantitative estimate of drug-likeness (QED) is 0.666. The fourth-order valence-corrected chi connectivity index (χ4v) is 4.83. The van der Waals surface area contributed by atoms with Crippen molar-refractivity contribution < 1.29 is 4.79 Å². The maximum Gasteiger partial charge on any atom is 0.238 e. The molecule has 0 saturated carbocycles. The molecule has 2 aromatic heterocycles. The summed E-state index contributed by atoms with van der Waals surface area (Å²) < 4.78 is 0. The van der Waals surface area contributed by atoms with Gasteiger partial charge in [0.1, 0.15) is 22.4 Å². The molecule has 7 heteroatoms. The lowest BCUT2D eigenvalue weighted by atomic mass is 9.96. The molecule has 0 spiro atoms. The van der Waals surface area contributed by atoms with E-state index in [4.69, 9.17) is 0 Å². The second-order valence-electron chi connectivity index (χ2n) is 5.77. The molecule has 1 aliphatic carbocycles. The van der Waals surface area contributed by atoms with Gasteiger partial charge < -0.3 is 5.32 Å². The molecule has 0 aliphatic heterocycles. The van der Waals surface area contributed by atoms with E-state index in [0.29, 0.717) is 10.6 Å². The van der Waals surface area contributed by atoms with E-state index in [-0.39, 0.29) is 11.2 Å². The first-order valence-electron chi connectivity index (χ1n) is 7.89. The number of amides is 1. The Labute approximate surface area is 149 Å². The number of aryl methyl sites for hydroxylation is 2. The lowest BCUT2D eigenvalue weighted by molar-refractivity contribution is -0.115. The summed E-state index contributed by atoms with van der Waals surface area (Å²) in [6.45, 7) is 3.74. The van der Waals surface area contributed by atoms with Gasteiger partial charge in [-0.2, -0.15) is 5.26 Å². The van der Waals surface area contributed by atoms with E-state index in [1.807, 2.05) is 19.9 Å². The number of nitrogens with one attached hydrogen (secondary N) is 1. The van der Waals surface area contributed by atoms with Crippen LogP contribution in [0.25, 0.3) is 0 Å². The highest BCUT2D eigenvalue weighted by atomic mass is 32.2. The molecule has 0 aromatic carbocycles. The van der Waals surface area contributed by atoms with Crippen molar-refractivity contribution in [3.63, 3.8) is 0 Å². The summed E-state index contributed by atoms with van der Waals surface area (Å²) in [5.41, 5.74) is 2.66. The Hall–Kier alpha value is -1.91. The van der Waals surface area contributed by atoms with Gasteiger partial charge >= 0.3 is 0 Å². The number of aromatic nitrogens is 2. The van der Waals surface area contributed by atoms with Crippen molar-refractivity contribution >= 4 is 34.0 Å². The van der Waals surface area contributed by atoms with Gasteiger partial charge in [-0.05, 0) is 51.2 Å². The molecule has 0 fully saturated rings. The van der Waals surface area contributed by atoms with Gasteiger partial charge in [-0.15, -0.1) is 11.3 Å². The summed E-state index contributed by atoms with van der Waals surface area (Å²) in [6.07, 6.45) is 5.73. The minimum absolute atomic E-state index is 0.105. The van der Waals surface area contributed by atoms with E-state index in [1.165, 1.54) is 23.0 Å². The van der Waals surface area contributed by atoms with Crippen molar-refractivity contribution in [1.29, 1.82) is 5.26 Å². The van der Waals surface area contributed by atoms with Gasteiger partial charge in [-0.25, -0.2) is 9.97 Å². The monoisotopic (exact) mass is 358 g/mol. The van der Waals surface area contributed by atoms with Gasteiger partial charge in [0, 0.05) is 10.6 Å². The van der Waals surface area contributed by atoms with E-state index < -0.39 is 0 Å². The predicted molar refractivity (Wildman–Crippen MR) is 96.4 cm³/mol. The fourth-order valence-electron chi connectivity index (χ4n) is 2.71. The Balaban J connectivity index is 1.73. The molecular formula is C17H18N4OS2. The standard InChI is InChI=1S/C17H18N4OS2/c1-10-7-15(20-9-19-10)23-11(2)16(22)21-17-13(8-18)12-5-3-4-6-14(12)24-17/h7,9,11H,3-6H2,1-2H3,(H,21,22). The van der Waals surface area contributed by atoms with E-state index in [1.54, 1.807) is 11.3 Å². The van der Waals surface area contributed by atoms with Gasteiger partial charge in [0.05, 0.1) is 10.8 Å². The molecule has 1 amide bonds. The van der Waals surface area contributed by atoms with E-state index in [9.17, 15) is 10.1 Å². The molecule has 1 atom stereocenters. The molecule has 1 N–H and O–H groups in total. The zero-order valence-corrected chi connectivity index (χ0v) is 15.3. The minimum Gasteiger partial charge on any atom is -0.316 e. The molecular weight excluding hydrogens is 340 g/mol. The Morgan fingerprint density at radius 1 is 1.42 bits per heavy atom. The Bertz CT molecular complexity index is 809. The minimum atomic E-state index is -0.301. The maximum atomic E-state index is 12.5. The molecule has 0 radical (unpaired) electrons. The molecule has 0 bridgehead atoms. The second kappa shape index (κ2) is 7.32. The van der Waals surface area contributed by atoms with Crippen LogP contribution in [-0.4, -0.2) is 21.1 Å². The summed E-state index contributed by atoms with van der Waals surface area (Å²) in [6, 6.07) is 4.13. The predicted octanol–water partition coefficient (Wildman–Crippen LogP) is 3.72. The Morgan fingerprint density at radius 3 is 2.96 bits per heavy atom. The summed E-state index contributed by atoms with van der Waals surface area (Å²) in [5, 5.41) is 13.6. The SMILES string of the molecule is Cc1cc(SC(C)C(=O)Nc2sc3c(c2C#N)CCCC3)ncn1. The molecule has 124 valence electrons. The van der Waals surface area contributed by atoms with Gasteiger partial charge in [-0.1, -0.05) is 11.8 Å². The number of hydrogen-bond donors (Lipinski definition) is 1. The summed E-state index contributed by atoms with van der Waals surface area (Å²) in [7, 11) is 0. The number of fused-ring (bicyclic) bond motifs is 1. The summed E-state index contributed by atoms with van der Waals surface area (Å²) >= 11 is 2.94. The van der Waals surface area contributed by atoms with Crippen molar-refractivity contribution in [3.8, 4) is 6.07 Å². The molecule has 2 heterocycles. The van der Waals surface area contributed by atoms with Crippen molar-refractivity contribution in [2.45, 2.75) is 49.8 Å². The Morgan fingerprint density at radius 2 is 2.21 bits per heavy atom. The smallest absolute Gasteiger partial charge is 0.238 e. The van der Waals surface area contributed by atoms with Crippen LogP contribution in [0.3, 0.4) is 0 Å². The third kappa shape index (κ3) is 3.60. The van der Waals surface area contributed by atoms with Crippen LogP contribution in [0.1, 0.15) is 41.5 Å². The maximum absolute atomic E-state index is 12.5. The third-order valence-corrected chi connectivity index (χ3v) is 6.20. The third-order valence-electron chi connectivity index (χ3n) is 3.97. The van der Waals surface area contributed by atoms with E-state index in [2.05, 4.69) is 21.4 Å². The van der Waals surface area contributed by atoms with E-state index >= 15 is 0 Å². The van der Waals surface area contributed by atoms with Gasteiger partial charge in [0.25, 0.3) is 0 Å². The van der Waals surface area contributed by atoms with Crippen LogP contribution in [0.5, 0.6) is 0 Å². The van der Waals surface area contributed by atoms with Crippen molar-refractivity contribution in [1.82, 2.24) is 9.97 Å². The van der Waals surface area contributed by atoms with Crippen LogP contribution >= 0.6 is 23.1 Å². The molecule has 1 unspecified atom stereocenters. The van der Waals surface area contributed by atoms with Crippen LogP contribution in [-0.2, 0) is 17.6 Å². The number of carbonyl (C=O) groups is 1. The first-order chi connectivity index (χ1) is 11.6. The average molecular weight is 358 g/mol. The number of carbonyl (C=O) groups excluding carboxylic acids is 1. The Kier molecular flexibility index (Phi) is 5.17. The number of nitrogens with zero attached hydrogens (tertiary/aromatic N) is 3. The van der Waals surface area contributed by atoms with Crippen LogP contribution in [0.4, 0.5) is 5.00 Å². The summed E-state index contributed by atoms with van der Waals surface area (Å²) in [5.74, 6) is -0.105. The van der Waals surface area contributed by atoms with Crippen LogP contribution < -0.4 is 5.32 Å². The highest BCUT2D eigenvalue weighted by Crippen LogP contribution is 2.38. The van der Waals surface area contributed by atoms with E-state index in [0.717, 1.165) is 42.0 Å². The van der Waals surface area contributed by atoms with Crippen LogP contribution in [0.2, 0.25) is 0 Å². The number of hydrogen-bond acceptors (Lipinski definition) is 6. The zero-order chi connectivity index (χ0) is 17.1. The van der Waals surface area contributed by atoms with Crippen LogP contribution in [0, 0.1) is 18.3 Å². The molecule has 0 saturated heterocycles. The number of anilines is 1. The van der Waals surface area contributed by atoms with Crippen LogP contribution in [0.15, 0.2) is 17.4 Å². The number of nitriles is 1. The van der Waals surface area contributed by atoms with Crippen molar-refractivity contribution in [2.75, 3.05) is 5.32 Å². The van der Waals surface area contributed by atoms with Gasteiger partial charge in [0.15, 0.2) is 0 Å². The molecule has 24 heavy (non-hydrogen) atoms. The van der Waals surface area contributed by atoms with Gasteiger partial charge in [-0.3, -0.25) is 4.79 Å². The lowest BCUT2D eigenvalue weighted by Gasteiger charge is -2.11. The second-order valence-corrected chi connectivity index (χ2v) is 8.24. The zero-order valence-electron chi connectivity index (χ0n) is 13.6. The first kappa shape index (κ1) is 16.9. The van der Waals surface area contributed by atoms with Gasteiger partial charge in [0.2, 0.25) is 5.91 Å². The molecule has 1 aliphatic rings.